The highest BCUT2D eigenvalue weighted by Gasteiger charge is 2.41. The lowest BCUT2D eigenvalue weighted by molar-refractivity contribution is -0.152. The van der Waals surface area contributed by atoms with Gasteiger partial charge in [0, 0.05) is 7.11 Å². The number of carbonyl (C=O) groups is 2. The van der Waals surface area contributed by atoms with Crippen LogP contribution in [0.1, 0.15) is 38.5 Å². The van der Waals surface area contributed by atoms with E-state index in [-0.39, 0.29) is 30.9 Å². The van der Waals surface area contributed by atoms with Crippen molar-refractivity contribution in [2.45, 2.75) is 50.1 Å². The number of rotatable bonds is 5. The first-order chi connectivity index (χ1) is 9.05. The molecule has 1 unspecified atom stereocenters. The molecule has 1 saturated carbocycles. The number of ether oxygens (including phenoxy) is 2. The van der Waals surface area contributed by atoms with Gasteiger partial charge in [-0.3, -0.25) is 4.79 Å². The normalized spacial score (nSPS) is 19.1. The lowest BCUT2D eigenvalue weighted by atomic mass is 9.89. The number of amides is 1. The number of esters is 1. The predicted octanol–water partition coefficient (Wildman–Crippen LogP) is 0.764. The molecule has 1 aliphatic carbocycles. The minimum Gasteiger partial charge on any atom is -0.467 e. The molecule has 7 heteroatoms. The molecule has 0 aromatic carbocycles. The Morgan fingerprint density at radius 1 is 1.20 bits per heavy atom. The third kappa shape index (κ3) is 4.92. The minimum absolute atomic E-state index is 0. The second-order valence-electron chi connectivity index (χ2n) is 5.04. The van der Waals surface area contributed by atoms with Crippen LogP contribution >= 0.6 is 12.4 Å². The van der Waals surface area contributed by atoms with Gasteiger partial charge in [-0.2, -0.15) is 0 Å². The van der Waals surface area contributed by atoms with Crippen molar-refractivity contribution in [2.75, 3.05) is 20.8 Å². The molecule has 1 fully saturated rings. The summed E-state index contributed by atoms with van der Waals surface area (Å²) in [5.41, 5.74) is 4.77. The van der Waals surface area contributed by atoms with Crippen LogP contribution in [0.3, 0.4) is 0 Å². The number of hydrogen-bond donors (Lipinski definition) is 2. The molecule has 0 bridgehead atoms. The van der Waals surface area contributed by atoms with Crippen LogP contribution in [-0.4, -0.2) is 44.3 Å². The Hall–Kier alpha value is -0.850. The molecule has 0 aliphatic heterocycles. The maximum absolute atomic E-state index is 12.0. The fourth-order valence-corrected chi connectivity index (χ4v) is 2.49. The molecule has 1 amide bonds. The summed E-state index contributed by atoms with van der Waals surface area (Å²) < 4.78 is 9.72. The van der Waals surface area contributed by atoms with Crippen LogP contribution < -0.4 is 11.1 Å². The van der Waals surface area contributed by atoms with Gasteiger partial charge < -0.3 is 20.5 Å². The van der Waals surface area contributed by atoms with E-state index in [2.05, 4.69) is 5.32 Å². The van der Waals surface area contributed by atoms with Gasteiger partial charge in [0.15, 0.2) is 0 Å². The smallest absolute Gasteiger partial charge is 0.331 e. The van der Waals surface area contributed by atoms with Crippen molar-refractivity contribution in [1.82, 2.24) is 5.32 Å². The lowest BCUT2D eigenvalue weighted by Gasteiger charge is -2.31. The van der Waals surface area contributed by atoms with Crippen LogP contribution in [0.2, 0.25) is 0 Å². The molecule has 1 aliphatic rings. The summed E-state index contributed by atoms with van der Waals surface area (Å²) in [5, 5.41) is 2.79. The van der Waals surface area contributed by atoms with Crippen molar-refractivity contribution in [2.24, 2.45) is 5.73 Å². The van der Waals surface area contributed by atoms with E-state index in [1.807, 2.05) is 0 Å². The van der Waals surface area contributed by atoms with E-state index < -0.39 is 11.6 Å². The zero-order valence-corrected chi connectivity index (χ0v) is 13.0. The SMILES string of the molecule is COCC(N)C(=O)NC1(C(=O)OC)CCCCCC1.Cl. The van der Waals surface area contributed by atoms with Crippen LogP contribution in [0.15, 0.2) is 0 Å². The molecule has 1 atom stereocenters. The molecular weight excluding hydrogens is 284 g/mol. The first kappa shape index (κ1) is 19.1. The Morgan fingerprint density at radius 3 is 2.20 bits per heavy atom. The van der Waals surface area contributed by atoms with Crippen molar-refractivity contribution < 1.29 is 19.1 Å². The van der Waals surface area contributed by atoms with Crippen molar-refractivity contribution in [3.8, 4) is 0 Å². The molecule has 0 aromatic rings. The van der Waals surface area contributed by atoms with E-state index in [4.69, 9.17) is 15.2 Å². The lowest BCUT2D eigenvalue weighted by Crippen LogP contribution is -2.59. The number of nitrogens with one attached hydrogen (secondary N) is 1. The molecule has 0 spiro atoms. The number of hydrogen-bond acceptors (Lipinski definition) is 5. The molecule has 3 N–H and O–H groups in total. The summed E-state index contributed by atoms with van der Waals surface area (Å²) in [4.78, 5) is 24.1. The van der Waals surface area contributed by atoms with E-state index in [1.54, 1.807) is 0 Å². The number of nitrogens with two attached hydrogens (primary N) is 1. The third-order valence-corrected chi connectivity index (χ3v) is 3.58. The number of methoxy groups -OCH3 is 2. The molecule has 6 nitrogen and oxygen atoms in total. The highest BCUT2D eigenvalue weighted by molar-refractivity contribution is 5.90. The minimum atomic E-state index is -0.923. The predicted molar refractivity (Wildman–Crippen MR) is 77.7 cm³/mol. The summed E-state index contributed by atoms with van der Waals surface area (Å²) in [6.07, 6.45) is 5.14. The summed E-state index contributed by atoms with van der Waals surface area (Å²) in [5.74, 6) is -0.749. The first-order valence-corrected chi connectivity index (χ1v) is 6.70. The molecule has 0 heterocycles. The van der Waals surface area contributed by atoms with Gasteiger partial charge in [0.2, 0.25) is 5.91 Å². The van der Waals surface area contributed by atoms with Gasteiger partial charge in [-0.1, -0.05) is 25.7 Å². The van der Waals surface area contributed by atoms with Crippen molar-refractivity contribution in [3.63, 3.8) is 0 Å². The summed E-state index contributed by atoms with van der Waals surface area (Å²) >= 11 is 0. The second kappa shape index (κ2) is 9.15. The average molecular weight is 309 g/mol. The van der Waals surface area contributed by atoms with Gasteiger partial charge >= 0.3 is 5.97 Å². The Balaban J connectivity index is 0.00000361. The first-order valence-electron chi connectivity index (χ1n) is 6.70. The van der Waals surface area contributed by atoms with Crippen LogP contribution in [-0.2, 0) is 19.1 Å². The largest absolute Gasteiger partial charge is 0.467 e. The Labute approximate surface area is 126 Å². The second-order valence-corrected chi connectivity index (χ2v) is 5.04. The zero-order chi connectivity index (χ0) is 14.3. The fourth-order valence-electron chi connectivity index (χ4n) is 2.49. The van der Waals surface area contributed by atoms with Gasteiger partial charge in [0.25, 0.3) is 0 Å². The Bertz CT molecular complexity index is 317. The number of halogens is 1. The van der Waals surface area contributed by atoms with Gasteiger partial charge in [-0.05, 0) is 12.8 Å². The van der Waals surface area contributed by atoms with E-state index in [0.717, 1.165) is 25.7 Å². The van der Waals surface area contributed by atoms with E-state index in [0.29, 0.717) is 12.8 Å². The third-order valence-electron chi connectivity index (χ3n) is 3.58. The topological polar surface area (TPSA) is 90.6 Å². The van der Waals surface area contributed by atoms with Crippen LogP contribution in [0, 0.1) is 0 Å². The van der Waals surface area contributed by atoms with E-state index >= 15 is 0 Å². The van der Waals surface area contributed by atoms with Gasteiger partial charge in [0.1, 0.15) is 11.6 Å². The highest BCUT2D eigenvalue weighted by Crippen LogP contribution is 2.28. The standard InChI is InChI=1S/C13H24N2O4.ClH/c1-18-9-10(14)11(16)15-13(12(17)19-2)7-5-3-4-6-8-13;/h10H,3-9,14H2,1-2H3,(H,15,16);1H. The van der Waals surface area contributed by atoms with Gasteiger partial charge in [-0.25, -0.2) is 4.79 Å². The number of carbonyl (C=O) groups excluding carboxylic acids is 2. The fraction of sp³-hybridized carbons (Fsp3) is 0.846. The van der Waals surface area contributed by atoms with Crippen molar-refractivity contribution in [3.05, 3.63) is 0 Å². The van der Waals surface area contributed by atoms with Crippen molar-refractivity contribution in [1.29, 1.82) is 0 Å². The van der Waals surface area contributed by atoms with Crippen LogP contribution in [0.25, 0.3) is 0 Å². The molecule has 0 saturated heterocycles. The average Bonchev–Trinajstić information content (AvgIpc) is 2.64. The van der Waals surface area contributed by atoms with Crippen LogP contribution in [0.5, 0.6) is 0 Å². The quantitative estimate of drug-likeness (QED) is 0.578. The highest BCUT2D eigenvalue weighted by atomic mass is 35.5. The molecule has 0 aromatic heterocycles. The van der Waals surface area contributed by atoms with E-state index in [1.165, 1.54) is 14.2 Å². The van der Waals surface area contributed by atoms with Crippen molar-refractivity contribution >= 4 is 24.3 Å². The molecule has 20 heavy (non-hydrogen) atoms. The summed E-state index contributed by atoms with van der Waals surface area (Å²) in [6.45, 7) is 0.128. The Kier molecular flexibility index (Phi) is 8.76. The molecule has 0 radical (unpaired) electrons. The zero-order valence-electron chi connectivity index (χ0n) is 12.1. The molecule has 118 valence electrons. The van der Waals surface area contributed by atoms with Crippen LogP contribution in [0.4, 0.5) is 0 Å². The molecule has 1 rings (SSSR count). The summed E-state index contributed by atoms with van der Waals surface area (Å²) in [7, 11) is 2.82. The summed E-state index contributed by atoms with van der Waals surface area (Å²) in [6, 6.07) is -0.769. The maximum atomic E-state index is 12.0. The van der Waals surface area contributed by atoms with Gasteiger partial charge in [-0.15, -0.1) is 12.4 Å². The van der Waals surface area contributed by atoms with E-state index in [9.17, 15) is 9.59 Å². The maximum Gasteiger partial charge on any atom is 0.331 e. The van der Waals surface area contributed by atoms with Gasteiger partial charge in [0.05, 0.1) is 13.7 Å². The Morgan fingerprint density at radius 2 is 1.75 bits per heavy atom. The monoisotopic (exact) mass is 308 g/mol. The molecular formula is C13H25ClN2O4.